The predicted molar refractivity (Wildman–Crippen MR) is 59.1 cm³/mol. The van der Waals surface area contributed by atoms with Crippen LogP contribution in [0.3, 0.4) is 0 Å². The van der Waals surface area contributed by atoms with E-state index in [1.165, 1.54) is 6.07 Å². The fourth-order valence-electron chi connectivity index (χ4n) is 1.34. The van der Waals surface area contributed by atoms with Gasteiger partial charge in [0.2, 0.25) is 0 Å². The van der Waals surface area contributed by atoms with E-state index in [1.54, 1.807) is 19.1 Å². The van der Waals surface area contributed by atoms with Gasteiger partial charge in [-0.25, -0.2) is 8.78 Å². The standard InChI is InChI=1S/C11H11F2N.ClH/c1-3-10(14)8-5-4-6-9(7(8)2)11(12)13;/h1,4-6,10-11H,14H2,2H3;1H/t10-;/m1./s1. The van der Waals surface area contributed by atoms with E-state index in [9.17, 15) is 8.78 Å². The van der Waals surface area contributed by atoms with Crippen LogP contribution in [0.25, 0.3) is 0 Å². The molecule has 1 atom stereocenters. The Balaban J connectivity index is 0.00000196. The van der Waals surface area contributed by atoms with Crippen LogP contribution in [0.1, 0.15) is 29.2 Å². The van der Waals surface area contributed by atoms with E-state index in [2.05, 4.69) is 5.92 Å². The predicted octanol–water partition coefficient (Wildman–Crippen LogP) is 2.99. The number of rotatable bonds is 2. The van der Waals surface area contributed by atoms with Gasteiger partial charge in [0.05, 0.1) is 6.04 Å². The fraction of sp³-hybridized carbons (Fsp3) is 0.273. The van der Waals surface area contributed by atoms with Gasteiger partial charge in [-0.1, -0.05) is 24.1 Å². The summed E-state index contributed by atoms with van der Waals surface area (Å²) in [5.41, 5.74) is 6.64. The summed E-state index contributed by atoms with van der Waals surface area (Å²) in [6.45, 7) is 1.61. The first-order chi connectivity index (χ1) is 6.57. The molecular formula is C11H12ClF2N. The molecule has 1 aromatic rings. The van der Waals surface area contributed by atoms with Crippen molar-refractivity contribution in [3.63, 3.8) is 0 Å². The third-order valence-corrected chi connectivity index (χ3v) is 2.17. The van der Waals surface area contributed by atoms with E-state index in [0.29, 0.717) is 11.1 Å². The maximum atomic E-state index is 12.5. The van der Waals surface area contributed by atoms with Crippen molar-refractivity contribution in [2.75, 3.05) is 0 Å². The molecule has 0 aliphatic heterocycles. The van der Waals surface area contributed by atoms with Gasteiger partial charge >= 0.3 is 0 Å². The Morgan fingerprint density at radius 1 is 1.33 bits per heavy atom. The Labute approximate surface area is 94.1 Å². The molecule has 0 fully saturated rings. The van der Waals surface area contributed by atoms with Crippen LogP contribution in [0.15, 0.2) is 18.2 Å². The summed E-state index contributed by atoms with van der Waals surface area (Å²) >= 11 is 0. The molecule has 0 radical (unpaired) electrons. The number of benzene rings is 1. The summed E-state index contributed by atoms with van der Waals surface area (Å²) in [6.07, 6.45) is 2.65. The van der Waals surface area contributed by atoms with Crippen LogP contribution in [-0.2, 0) is 0 Å². The SMILES string of the molecule is C#C[C@@H](N)c1cccc(C(F)F)c1C.Cl. The van der Waals surface area contributed by atoms with Gasteiger partial charge in [-0.3, -0.25) is 0 Å². The van der Waals surface area contributed by atoms with Crippen LogP contribution in [0, 0.1) is 19.3 Å². The highest BCUT2D eigenvalue weighted by molar-refractivity contribution is 5.85. The largest absolute Gasteiger partial charge is 0.314 e. The van der Waals surface area contributed by atoms with Crippen molar-refractivity contribution < 1.29 is 8.78 Å². The number of hydrogen-bond acceptors (Lipinski definition) is 1. The average molecular weight is 232 g/mol. The molecule has 1 aromatic carbocycles. The van der Waals surface area contributed by atoms with E-state index in [1.807, 2.05) is 0 Å². The van der Waals surface area contributed by atoms with Crippen molar-refractivity contribution in [1.82, 2.24) is 0 Å². The zero-order valence-corrected chi connectivity index (χ0v) is 9.02. The Kier molecular flexibility index (Phi) is 5.27. The van der Waals surface area contributed by atoms with E-state index < -0.39 is 12.5 Å². The molecule has 0 spiro atoms. The molecule has 0 saturated heterocycles. The van der Waals surface area contributed by atoms with Crippen molar-refractivity contribution in [2.45, 2.75) is 19.4 Å². The number of halogens is 3. The monoisotopic (exact) mass is 231 g/mol. The van der Waals surface area contributed by atoms with Crippen molar-refractivity contribution >= 4 is 12.4 Å². The second-order valence-electron chi connectivity index (χ2n) is 3.01. The van der Waals surface area contributed by atoms with Crippen molar-refractivity contribution in [3.05, 3.63) is 34.9 Å². The van der Waals surface area contributed by atoms with Gasteiger partial charge in [0.25, 0.3) is 6.43 Å². The van der Waals surface area contributed by atoms with Gasteiger partial charge in [0, 0.05) is 5.56 Å². The van der Waals surface area contributed by atoms with Crippen molar-refractivity contribution in [3.8, 4) is 12.3 Å². The third-order valence-electron chi connectivity index (χ3n) is 2.17. The lowest BCUT2D eigenvalue weighted by Gasteiger charge is -2.12. The van der Waals surface area contributed by atoms with Crippen LogP contribution in [0.2, 0.25) is 0 Å². The molecule has 0 bridgehead atoms. The zero-order chi connectivity index (χ0) is 10.7. The molecule has 82 valence electrons. The molecule has 4 heteroatoms. The molecule has 0 amide bonds. The molecule has 0 aliphatic rings. The summed E-state index contributed by atoms with van der Waals surface area (Å²) in [6, 6.07) is 3.98. The van der Waals surface area contributed by atoms with Gasteiger partial charge in [-0.15, -0.1) is 18.8 Å². The lowest BCUT2D eigenvalue weighted by Crippen LogP contribution is -2.10. The summed E-state index contributed by atoms with van der Waals surface area (Å²) in [5, 5.41) is 0. The minimum atomic E-state index is -2.49. The Morgan fingerprint density at radius 3 is 2.33 bits per heavy atom. The summed E-state index contributed by atoms with van der Waals surface area (Å²) in [4.78, 5) is 0. The molecule has 0 heterocycles. The van der Waals surface area contributed by atoms with E-state index in [-0.39, 0.29) is 18.0 Å². The molecule has 0 unspecified atom stereocenters. The second-order valence-corrected chi connectivity index (χ2v) is 3.01. The minimum Gasteiger partial charge on any atom is -0.314 e. The summed E-state index contributed by atoms with van der Waals surface area (Å²) in [7, 11) is 0. The highest BCUT2D eigenvalue weighted by Crippen LogP contribution is 2.26. The molecular weight excluding hydrogens is 220 g/mol. The molecule has 15 heavy (non-hydrogen) atoms. The molecule has 0 aromatic heterocycles. The molecule has 1 rings (SSSR count). The first-order valence-electron chi connectivity index (χ1n) is 4.17. The number of nitrogens with two attached hydrogens (primary N) is 1. The van der Waals surface area contributed by atoms with Crippen LogP contribution in [-0.4, -0.2) is 0 Å². The van der Waals surface area contributed by atoms with Gasteiger partial charge in [-0.05, 0) is 18.1 Å². The first kappa shape index (κ1) is 13.9. The lowest BCUT2D eigenvalue weighted by molar-refractivity contribution is 0.150. The minimum absolute atomic E-state index is 0. The second kappa shape index (κ2) is 5.69. The molecule has 1 nitrogen and oxygen atoms in total. The van der Waals surface area contributed by atoms with Crippen LogP contribution in [0.5, 0.6) is 0 Å². The zero-order valence-electron chi connectivity index (χ0n) is 8.21. The van der Waals surface area contributed by atoms with Crippen LogP contribution < -0.4 is 5.73 Å². The molecule has 2 N–H and O–H groups in total. The third kappa shape index (κ3) is 2.92. The molecule has 0 aliphatic carbocycles. The highest BCUT2D eigenvalue weighted by atomic mass is 35.5. The van der Waals surface area contributed by atoms with E-state index >= 15 is 0 Å². The number of alkyl halides is 2. The summed E-state index contributed by atoms with van der Waals surface area (Å²) in [5.74, 6) is 2.32. The topological polar surface area (TPSA) is 26.0 Å². The highest BCUT2D eigenvalue weighted by Gasteiger charge is 2.14. The van der Waals surface area contributed by atoms with E-state index in [4.69, 9.17) is 12.2 Å². The quantitative estimate of drug-likeness (QED) is 0.778. The number of hydrogen-bond donors (Lipinski definition) is 1. The number of terminal acetylenes is 1. The normalized spacial score (nSPS) is 11.7. The van der Waals surface area contributed by atoms with Crippen molar-refractivity contribution in [1.29, 1.82) is 0 Å². The first-order valence-corrected chi connectivity index (χ1v) is 4.17. The maximum absolute atomic E-state index is 12.5. The fourth-order valence-corrected chi connectivity index (χ4v) is 1.34. The molecule has 0 saturated carbocycles. The van der Waals surface area contributed by atoms with E-state index in [0.717, 1.165) is 0 Å². The van der Waals surface area contributed by atoms with Crippen molar-refractivity contribution in [2.24, 2.45) is 5.73 Å². The van der Waals surface area contributed by atoms with Gasteiger partial charge in [0.15, 0.2) is 0 Å². The van der Waals surface area contributed by atoms with Crippen LogP contribution in [0.4, 0.5) is 8.78 Å². The van der Waals surface area contributed by atoms with Crippen LogP contribution >= 0.6 is 12.4 Å². The average Bonchev–Trinajstić information content (AvgIpc) is 2.16. The van der Waals surface area contributed by atoms with Gasteiger partial charge in [0.1, 0.15) is 0 Å². The Hall–Kier alpha value is -1.11. The lowest BCUT2D eigenvalue weighted by atomic mass is 9.98. The Bertz CT molecular complexity index is 371. The maximum Gasteiger partial charge on any atom is 0.264 e. The Morgan fingerprint density at radius 2 is 1.87 bits per heavy atom. The summed E-state index contributed by atoms with van der Waals surface area (Å²) < 4.78 is 25.0. The van der Waals surface area contributed by atoms with Gasteiger partial charge in [-0.2, -0.15) is 0 Å². The van der Waals surface area contributed by atoms with Gasteiger partial charge < -0.3 is 5.73 Å². The smallest absolute Gasteiger partial charge is 0.264 e.